The highest BCUT2D eigenvalue weighted by molar-refractivity contribution is 6.09. The molecule has 2 atom stereocenters. The fraction of sp³-hybridized carbons (Fsp3) is 0.238. The molecule has 280 valence electrons. The first-order valence-electron chi connectivity index (χ1n) is 18.0. The number of carbonyl (C=O) groups excluding carboxylic acids is 4. The highest BCUT2D eigenvalue weighted by atomic mass is 16.6. The van der Waals surface area contributed by atoms with E-state index < -0.39 is 36.1 Å². The van der Waals surface area contributed by atoms with Gasteiger partial charge in [-0.3, -0.25) is 24.1 Å². The summed E-state index contributed by atoms with van der Waals surface area (Å²) in [4.78, 5) is 72.6. The van der Waals surface area contributed by atoms with Crippen LogP contribution in [0.3, 0.4) is 0 Å². The highest BCUT2D eigenvalue weighted by Gasteiger charge is 2.47. The first kappa shape index (κ1) is 36.7. The van der Waals surface area contributed by atoms with Crippen LogP contribution in [-0.4, -0.2) is 63.8 Å². The molecule has 2 aliphatic rings. The number of hydrogen-bond acceptors (Lipinski definition) is 9. The number of primary amides is 1. The van der Waals surface area contributed by atoms with Crippen molar-refractivity contribution >= 4 is 34.6 Å². The molecular formula is C42H40N6O7. The van der Waals surface area contributed by atoms with Gasteiger partial charge in [0.2, 0.25) is 11.8 Å². The lowest BCUT2D eigenvalue weighted by atomic mass is 9.84. The van der Waals surface area contributed by atoms with E-state index in [1.165, 1.54) is 0 Å². The van der Waals surface area contributed by atoms with Crippen molar-refractivity contribution in [3.05, 3.63) is 147 Å². The van der Waals surface area contributed by atoms with Crippen LogP contribution >= 0.6 is 0 Å². The van der Waals surface area contributed by atoms with Crippen molar-refractivity contribution in [2.75, 3.05) is 19.6 Å². The second kappa shape index (κ2) is 15.0. The summed E-state index contributed by atoms with van der Waals surface area (Å²) in [7, 11) is 0. The summed E-state index contributed by atoms with van der Waals surface area (Å²) in [5, 5.41) is 3.57. The van der Waals surface area contributed by atoms with Crippen molar-refractivity contribution in [1.29, 1.82) is 0 Å². The van der Waals surface area contributed by atoms with Gasteiger partial charge in [0.15, 0.2) is 11.4 Å². The van der Waals surface area contributed by atoms with Gasteiger partial charge in [0.25, 0.3) is 5.56 Å². The van der Waals surface area contributed by atoms with E-state index in [4.69, 9.17) is 25.9 Å². The van der Waals surface area contributed by atoms with Crippen LogP contribution in [0.15, 0.2) is 108 Å². The van der Waals surface area contributed by atoms with Gasteiger partial charge in [0.1, 0.15) is 25.0 Å². The number of pyridine rings is 2. The van der Waals surface area contributed by atoms with E-state index in [9.17, 15) is 24.0 Å². The Hall–Kier alpha value is -6.60. The van der Waals surface area contributed by atoms with E-state index in [1.54, 1.807) is 60.0 Å². The fourth-order valence-electron chi connectivity index (χ4n) is 7.24. The topological polar surface area (TPSA) is 189 Å². The Kier molecular flexibility index (Phi) is 10.0. The number of nitrogens with one attached hydrogen (secondary N) is 1. The number of nitrogens with two attached hydrogens (primary N) is 2. The Balaban J connectivity index is 1.09. The van der Waals surface area contributed by atoms with Crippen LogP contribution in [0.25, 0.3) is 22.3 Å². The fourth-order valence-corrected chi connectivity index (χ4v) is 7.24. The average molecular weight is 741 g/mol. The van der Waals surface area contributed by atoms with Crippen molar-refractivity contribution in [2.24, 2.45) is 11.5 Å². The van der Waals surface area contributed by atoms with Crippen LogP contribution in [0, 0.1) is 0 Å². The first-order valence-corrected chi connectivity index (χ1v) is 18.0. The number of carbonyl (C=O) groups is 4. The highest BCUT2D eigenvalue weighted by Crippen LogP contribution is 2.45. The quantitative estimate of drug-likeness (QED) is 0.156. The van der Waals surface area contributed by atoms with Gasteiger partial charge in [-0.2, -0.15) is 0 Å². The van der Waals surface area contributed by atoms with Crippen LogP contribution in [-0.2, 0) is 44.2 Å². The van der Waals surface area contributed by atoms with Crippen molar-refractivity contribution < 1.29 is 28.7 Å². The van der Waals surface area contributed by atoms with Crippen LogP contribution < -0.4 is 22.3 Å². The lowest BCUT2D eigenvalue weighted by molar-refractivity contribution is -0.128. The molecule has 7 rings (SSSR count). The summed E-state index contributed by atoms with van der Waals surface area (Å²) in [5.41, 5.74) is 15.0. The molecule has 0 saturated heterocycles. The number of ether oxygens (including phenoxy) is 2. The number of fused-ring (bicyclic) bond motifs is 5. The number of para-hydroxylation sites is 1. The van der Waals surface area contributed by atoms with Gasteiger partial charge in [-0.25, -0.2) is 9.78 Å². The number of nitrogens with zero attached hydrogens (tertiary/aromatic N) is 3. The molecular weight excluding hydrogens is 700 g/mol. The lowest BCUT2D eigenvalue weighted by Gasteiger charge is -2.40. The summed E-state index contributed by atoms with van der Waals surface area (Å²) < 4.78 is 13.8. The molecule has 0 aliphatic carbocycles. The molecule has 0 bridgehead atoms. The molecule has 3 aromatic carbocycles. The van der Waals surface area contributed by atoms with E-state index in [-0.39, 0.29) is 49.6 Å². The smallest absolute Gasteiger partial charge is 0.411 e. The summed E-state index contributed by atoms with van der Waals surface area (Å²) >= 11 is 0. The molecule has 0 saturated carbocycles. The number of amides is 3. The van der Waals surface area contributed by atoms with Crippen molar-refractivity contribution in [3.8, 4) is 11.4 Å². The van der Waals surface area contributed by atoms with Crippen molar-refractivity contribution in [3.63, 3.8) is 0 Å². The monoisotopic (exact) mass is 740 g/mol. The molecule has 2 aliphatic heterocycles. The Morgan fingerprint density at radius 3 is 2.44 bits per heavy atom. The summed E-state index contributed by atoms with van der Waals surface area (Å²) in [5.74, 6) is -1.48. The van der Waals surface area contributed by atoms with E-state index >= 15 is 0 Å². The number of hydrogen-bond donors (Lipinski definition) is 3. The Bertz CT molecular complexity index is 2410. The molecule has 0 fully saturated rings. The Morgan fingerprint density at radius 1 is 1.02 bits per heavy atom. The number of aromatic nitrogens is 2. The van der Waals surface area contributed by atoms with Gasteiger partial charge in [-0.1, -0.05) is 86.3 Å². The second-order valence-corrected chi connectivity index (χ2v) is 13.6. The van der Waals surface area contributed by atoms with E-state index in [2.05, 4.69) is 11.9 Å². The Labute approximate surface area is 316 Å². The normalized spacial score (nSPS) is 15.9. The van der Waals surface area contributed by atoms with Crippen LogP contribution in [0.2, 0.25) is 0 Å². The van der Waals surface area contributed by atoms with Crippen LogP contribution in [0.4, 0.5) is 4.79 Å². The van der Waals surface area contributed by atoms with Gasteiger partial charge in [-0.05, 0) is 30.2 Å². The number of rotatable bonds is 12. The first-order chi connectivity index (χ1) is 26.5. The molecule has 0 spiro atoms. The molecule has 5 N–H and O–H groups in total. The SMILES string of the molecule is C=C1OCc2c(cc3n(c2=O)Cc2cc4ccccc4nc2-3)[C@]1(CC)OC(=O)N(CCN)CC(=O)NC(Cc1ccc(C(=O)c2ccccc2)cc1)C(N)=O. The van der Waals surface area contributed by atoms with Gasteiger partial charge < -0.3 is 30.8 Å². The largest absolute Gasteiger partial charge is 0.489 e. The molecule has 5 aromatic rings. The third kappa shape index (κ3) is 6.97. The predicted molar refractivity (Wildman–Crippen MR) is 205 cm³/mol. The summed E-state index contributed by atoms with van der Waals surface area (Å²) in [6, 6.07) is 25.9. The predicted octanol–water partition coefficient (Wildman–Crippen LogP) is 3.92. The molecule has 13 heteroatoms. The minimum absolute atomic E-state index is 0.00585. The van der Waals surface area contributed by atoms with Crippen LogP contribution in [0.1, 0.15) is 51.5 Å². The zero-order chi connectivity index (χ0) is 38.9. The van der Waals surface area contributed by atoms with Gasteiger partial charge >= 0.3 is 6.09 Å². The maximum Gasteiger partial charge on any atom is 0.411 e. The minimum atomic E-state index is -1.58. The standard InChI is InChI=1S/C42H40N6O7/c1-3-42(25(2)54-24-31-32(42)21-35-37-30(22-48(35)40(31)52)20-29-11-7-8-12-33(29)46-37)55-41(53)47(18-17-43)23-36(49)45-34(39(44)51)19-26-13-15-28(16-14-26)38(50)27-9-5-4-6-10-27/h4-16,20-21,34H,2-3,17-19,22-24,43H2,1H3,(H2,44,51)(H,45,49)/t34?,42-/m1/s1. The maximum atomic E-state index is 14.0. The zero-order valence-electron chi connectivity index (χ0n) is 30.2. The van der Waals surface area contributed by atoms with Crippen molar-refractivity contribution in [1.82, 2.24) is 19.8 Å². The van der Waals surface area contributed by atoms with Crippen molar-refractivity contribution in [2.45, 2.75) is 44.6 Å². The molecule has 4 heterocycles. The third-order valence-corrected chi connectivity index (χ3v) is 10.2. The number of ketones is 1. The minimum Gasteiger partial charge on any atom is -0.489 e. The molecule has 55 heavy (non-hydrogen) atoms. The van der Waals surface area contributed by atoms with E-state index in [0.29, 0.717) is 45.7 Å². The van der Waals surface area contributed by atoms with Crippen LogP contribution in [0.5, 0.6) is 0 Å². The van der Waals surface area contributed by atoms with Gasteiger partial charge in [-0.15, -0.1) is 0 Å². The lowest BCUT2D eigenvalue weighted by Crippen LogP contribution is -2.52. The molecule has 13 nitrogen and oxygen atoms in total. The maximum absolute atomic E-state index is 14.0. The molecule has 0 radical (unpaired) electrons. The average Bonchev–Trinajstić information content (AvgIpc) is 3.55. The molecule has 1 unspecified atom stereocenters. The van der Waals surface area contributed by atoms with Gasteiger partial charge in [0.05, 0.1) is 29.0 Å². The third-order valence-electron chi connectivity index (χ3n) is 10.2. The van der Waals surface area contributed by atoms with Gasteiger partial charge in [0, 0.05) is 47.2 Å². The Morgan fingerprint density at radius 2 is 1.73 bits per heavy atom. The molecule has 3 amide bonds. The second-order valence-electron chi connectivity index (χ2n) is 13.6. The van der Waals surface area contributed by atoms with E-state index in [0.717, 1.165) is 21.4 Å². The molecule has 2 aromatic heterocycles. The number of benzene rings is 3. The summed E-state index contributed by atoms with van der Waals surface area (Å²) in [6.45, 7) is 5.54. The zero-order valence-corrected chi connectivity index (χ0v) is 30.2. The summed E-state index contributed by atoms with van der Waals surface area (Å²) in [6.07, 6.45) is -0.699. The van der Waals surface area contributed by atoms with E-state index in [1.807, 2.05) is 42.5 Å².